The van der Waals surface area contributed by atoms with E-state index in [4.69, 9.17) is 0 Å². The molecule has 132 valence electrons. The number of amides is 3. The van der Waals surface area contributed by atoms with Crippen LogP contribution in [-0.2, 0) is 4.79 Å². The summed E-state index contributed by atoms with van der Waals surface area (Å²) in [5.74, 6) is -0.0966. The van der Waals surface area contributed by atoms with Crippen molar-refractivity contribution in [1.82, 2.24) is 16.0 Å². The number of nitrogens with one attached hydrogen (secondary N) is 3. The molecule has 3 rings (SSSR count). The number of fused-ring (bicyclic) bond motifs is 1. The first kappa shape index (κ1) is 17.2. The van der Waals surface area contributed by atoms with Crippen molar-refractivity contribution in [2.45, 2.75) is 31.3 Å². The van der Waals surface area contributed by atoms with Gasteiger partial charge in [-0.3, -0.25) is 4.79 Å². The fourth-order valence-electron chi connectivity index (χ4n) is 2.96. The maximum atomic E-state index is 12.0. The third-order valence-electron chi connectivity index (χ3n) is 4.44. The highest BCUT2D eigenvalue weighted by molar-refractivity contribution is 5.87. The Bertz CT molecular complexity index is 780. The minimum atomic E-state index is -0.704. The zero-order chi connectivity index (χ0) is 17.8. The molecule has 3 amide bonds. The zero-order valence-electron chi connectivity index (χ0n) is 14.1. The smallest absolute Gasteiger partial charge is 0.315 e. The maximum absolute atomic E-state index is 12.0. The maximum Gasteiger partial charge on any atom is 0.315 e. The highest BCUT2D eigenvalue weighted by Gasteiger charge is 2.39. The summed E-state index contributed by atoms with van der Waals surface area (Å²) in [4.78, 5) is 23.6. The predicted molar refractivity (Wildman–Crippen MR) is 95.2 cm³/mol. The third kappa shape index (κ3) is 4.26. The molecule has 2 aromatic rings. The van der Waals surface area contributed by atoms with E-state index in [2.05, 4.69) is 46.3 Å². The number of halogens is 1. The van der Waals surface area contributed by atoms with Crippen molar-refractivity contribution < 1.29 is 14.0 Å². The molecule has 1 aliphatic rings. The van der Waals surface area contributed by atoms with Crippen molar-refractivity contribution >= 4 is 22.7 Å². The van der Waals surface area contributed by atoms with Crippen LogP contribution in [0.2, 0.25) is 0 Å². The summed E-state index contributed by atoms with van der Waals surface area (Å²) in [5.41, 5.74) is 1.21. The number of rotatable bonds is 6. The second kappa shape index (κ2) is 7.51. The van der Waals surface area contributed by atoms with E-state index in [1.165, 1.54) is 16.3 Å². The van der Waals surface area contributed by atoms with Crippen molar-refractivity contribution in [1.29, 1.82) is 0 Å². The van der Waals surface area contributed by atoms with Crippen LogP contribution in [0.1, 0.15) is 24.8 Å². The number of alkyl halides is 1. The van der Waals surface area contributed by atoms with Gasteiger partial charge in [-0.15, -0.1) is 0 Å². The van der Waals surface area contributed by atoms with Crippen molar-refractivity contribution in [3.05, 3.63) is 48.0 Å². The lowest BCUT2D eigenvalue weighted by Crippen LogP contribution is -2.49. The number of benzene rings is 2. The van der Waals surface area contributed by atoms with Gasteiger partial charge in [0.15, 0.2) is 0 Å². The van der Waals surface area contributed by atoms with Crippen LogP contribution in [0.5, 0.6) is 0 Å². The van der Waals surface area contributed by atoms with Gasteiger partial charge in [-0.2, -0.15) is 0 Å². The van der Waals surface area contributed by atoms with E-state index in [0.29, 0.717) is 5.92 Å². The van der Waals surface area contributed by atoms with Gasteiger partial charge in [0.1, 0.15) is 12.7 Å². The van der Waals surface area contributed by atoms with Gasteiger partial charge in [0.25, 0.3) is 0 Å². The second-order valence-corrected chi connectivity index (χ2v) is 6.37. The van der Waals surface area contributed by atoms with E-state index < -0.39 is 18.6 Å². The molecule has 2 aromatic carbocycles. The molecule has 1 fully saturated rings. The highest BCUT2D eigenvalue weighted by Crippen LogP contribution is 2.41. The van der Waals surface area contributed by atoms with Crippen LogP contribution in [-0.4, -0.2) is 37.2 Å². The third-order valence-corrected chi connectivity index (χ3v) is 4.44. The Kier molecular flexibility index (Phi) is 5.16. The second-order valence-electron chi connectivity index (χ2n) is 6.37. The standard InChI is InChI=1S/C19H22FN3O2/c1-12(18(24)21-9-8-20)22-19(25)23-17-11-16(17)15-7-6-13-4-2-3-5-14(13)10-15/h2-7,10,12,16-17H,8-9,11H2,1H3,(H,21,24)(H2,22,23,25)/t12-,16+,17-/m1/s1. The number of carbonyl (C=O) groups is 2. The molecule has 1 aliphatic carbocycles. The summed E-state index contributed by atoms with van der Waals surface area (Å²) in [6.45, 7) is 0.903. The SMILES string of the molecule is C[C@@H](NC(=O)N[C@@H]1C[C@H]1c1ccc2ccccc2c1)C(=O)NCCF. The summed E-state index contributed by atoms with van der Waals surface area (Å²) in [5, 5.41) is 10.3. The quantitative estimate of drug-likeness (QED) is 0.754. The van der Waals surface area contributed by atoms with Gasteiger partial charge in [-0.1, -0.05) is 42.5 Å². The number of urea groups is 1. The molecule has 3 N–H and O–H groups in total. The molecule has 5 nitrogen and oxygen atoms in total. The van der Waals surface area contributed by atoms with E-state index in [9.17, 15) is 14.0 Å². The largest absolute Gasteiger partial charge is 0.352 e. The Morgan fingerprint density at radius 3 is 2.72 bits per heavy atom. The monoisotopic (exact) mass is 343 g/mol. The first-order valence-corrected chi connectivity index (χ1v) is 8.48. The zero-order valence-corrected chi connectivity index (χ0v) is 14.1. The topological polar surface area (TPSA) is 70.2 Å². The van der Waals surface area contributed by atoms with Crippen LogP contribution in [0, 0.1) is 0 Å². The summed E-state index contributed by atoms with van der Waals surface area (Å²) < 4.78 is 12.0. The van der Waals surface area contributed by atoms with Crippen molar-refractivity contribution in [3.63, 3.8) is 0 Å². The fourth-order valence-corrected chi connectivity index (χ4v) is 2.96. The van der Waals surface area contributed by atoms with Crippen LogP contribution in [0.25, 0.3) is 10.8 Å². The summed E-state index contributed by atoms with van der Waals surface area (Å²) in [7, 11) is 0. The van der Waals surface area contributed by atoms with Gasteiger partial charge in [0, 0.05) is 18.5 Å². The number of hydrogen-bond acceptors (Lipinski definition) is 2. The Morgan fingerprint density at radius 1 is 1.20 bits per heavy atom. The Balaban J connectivity index is 1.51. The Hall–Kier alpha value is -2.63. The first-order valence-electron chi connectivity index (χ1n) is 8.48. The average molecular weight is 343 g/mol. The van der Waals surface area contributed by atoms with Gasteiger partial charge in [-0.25, -0.2) is 9.18 Å². The molecular weight excluding hydrogens is 321 g/mol. The normalized spacial score (nSPS) is 19.9. The molecule has 0 saturated heterocycles. The van der Waals surface area contributed by atoms with Crippen LogP contribution < -0.4 is 16.0 Å². The predicted octanol–water partition coefficient (Wildman–Crippen LogP) is 2.47. The van der Waals surface area contributed by atoms with Crippen LogP contribution in [0.3, 0.4) is 0 Å². The van der Waals surface area contributed by atoms with Gasteiger partial charge >= 0.3 is 6.03 Å². The van der Waals surface area contributed by atoms with Crippen LogP contribution in [0.15, 0.2) is 42.5 Å². The van der Waals surface area contributed by atoms with E-state index >= 15 is 0 Å². The van der Waals surface area contributed by atoms with E-state index in [0.717, 1.165) is 6.42 Å². The summed E-state index contributed by atoms with van der Waals surface area (Å²) >= 11 is 0. The molecule has 6 heteroatoms. The molecule has 0 aliphatic heterocycles. The molecule has 0 spiro atoms. The van der Waals surface area contributed by atoms with Gasteiger partial charge < -0.3 is 16.0 Å². The lowest BCUT2D eigenvalue weighted by Gasteiger charge is -2.14. The molecule has 3 atom stereocenters. The molecule has 1 saturated carbocycles. The average Bonchev–Trinajstić information content (AvgIpc) is 3.37. The lowest BCUT2D eigenvalue weighted by atomic mass is 10.0. The molecule has 25 heavy (non-hydrogen) atoms. The molecular formula is C19H22FN3O2. The molecule has 0 radical (unpaired) electrons. The van der Waals surface area contributed by atoms with Crippen molar-refractivity contribution in [2.24, 2.45) is 0 Å². The molecule has 0 heterocycles. The van der Waals surface area contributed by atoms with Crippen molar-refractivity contribution in [2.75, 3.05) is 13.2 Å². The number of hydrogen-bond donors (Lipinski definition) is 3. The lowest BCUT2D eigenvalue weighted by molar-refractivity contribution is -0.122. The fraction of sp³-hybridized carbons (Fsp3) is 0.368. The number of carbonyl (C=O) groups excluding carboxylic acids is 2. The summed E-state index contributed by atoms with van der Waals surface area (Å²) in [6.07, 6.45) is 0.883. The molecule has 0 unspecified atom stereocenters. The van der Waals surface area contributed by atoms with E-state index in [1.54, 1.807) is 6.92 Å². The molecule has 0 bridgehead atoms. The van der Waals surface area contributed by atoms with Gasteiger partial charge in [-0.05, 0) is 29.7 Å². The minimum Gasteiger partial charge on any atom is -0.352 e. The van der Waals surface area contributed by atoms with E-state index in [-0.39, 0.29) is 18.6 Å². The first-order chi connectivity index (χ1) is 12.1. The highest BCUT2D eigenvalue weighted by atomic mass is 19.1. The summed E-state index contributed by atoms with van der Waals surface area (Å²) in [6, 6.07) is 13.5. The minimum absolute atomic E-state index is 0.0425. The van der Waals surface area contributed by atoms with Crippen LogP contribution >= 0.6 is 0 Å². The van der Waals surface area contributed by atoms with Crippen LogP contribution in [0.4, 0.5) is 9.18 Å². The Morgan fingerprint density at radius 2 is 1.96 bits per heavy atom. The Labute approximate surface area is 146 Å². The van der Waals surface area contributed by atoms with Crippen molar-refractivity contribution in [3.8, 4) is 0 Å². The van der Waals surface area contributed by atoms with Gasteiger partial charge in [0.05, 0.1) is 0 Å². The van der Waals surface area contributed by atoms with Gasteiger partial charge in [0.2, 0.25) is 5.91 Å². The molecule has 0 aromatic heterocycles. The van der Waals surface area contributed by atoms with E-state index in [1.807, 2.05) is 12.1 Å².